The molecule has 0 heterocycles. The first-order valence-corrected chi connectivity index (χ1v) is 11.1. The van der Waals surface area contributed by atoms with E-state index in [4.69, 9.17) is 0 Å². The number of anilines is 2. The first-order chi connectivity index (χ1) is 14.5. The van der Waals surface area contributed by atoms with Gasteiger partial charge in [-0.25, -0.2) is 8.42 Å². The van der Waals surface area contributed by atoms with Crippen LogP contribution in [0.4, 0.5) is 11.4 Å². The summed E-state index contributed by atoms with van der Waals surface area (Å²) in [6.07, 6.45) is 0. The zero-order chi connectivity index (χ0) is 23.2. The second-order valence-electron chi connectivity index (χ2n) is 7.24. The zero-order valence-corrected chi connectivity index (χ0v) is 18.5. The molecule has 166 valence electrons. The number of carbonyl (C=O) groups excluding carboxylic acids is 3. The fourth-order valence-corrected chi connectivity index (χ4v) is 3.78. The van der Waals surface area contributed by atoms with E-state index < -0.39 is 22.0 Å². The summed E-state index contributed by atoms with van der Waals surface area (Å²) in [4.78, 5) is 35.4. The number of sulfonamides is 1. The van der Waals surface area contributed by atoms with Gasteiger partial charge in [0.15, 0.2) is 0 Å². The average Bonchev–Trinajstić information content (AvgIpc) is 2.67. The predicted octanol–water partition coefficient (Wildman–Crippen LogP) is 2.09. The van der Waals surface area contributed by atoms with Gasteiger partial charge in [-0.3, -0.25) is 14.4 Å². The smallest absolute Gasteiger partial charge is 0.251 e. The maximum absolute atomic E-state index is 12.5. The Morgan fingerprint density at radius 2 is 1.32 bits per heavy atom. The molecule has 0 aliphatic rings. The van der Waals surface area contributed by atoms with Crippen molar-refractivity contribution in [2.75, 3.05) is 10.6 Å². The standard InChI is InChI=1S/C21H26N4O5S/c1-13(2)22-21(28)16-5-7-18(8-6-16)24-20(27)14(3)25-31(29,30)19-11-9-17(10-12-19)23-15(4)26/h5-14,25H,1-4H3,(H,22,28)(H,23,26)(H,24,27)/t14-/m0/s1. The van der Waals surface area contributed by atoms with Crippen LogP contribution in [0.25, 0.3) is 0 Å². The molecule has 9 nitrogen and oxygen atoms in total. The van der Waals surface area contributed by atoms with Crippen LogP contribution in [0.15, 0.2) is 53.4 Å². The molecule has 0 saturated heterocycles. The van der Waals surface area contributed by atoms with Crippen LogP contribution in [0.2, 0.25) is 0 Å². The van der Waals surface area contributed by atoms with E-state index in [1.165, 1.54) is 38.1 Å². The predicted molar refractivity (Wildman–Crippen MR) is 118 cm³/mol. The molecule has 2 aromatic carbocycles. The van der Waals surface area contributed by atoms with Crippen molar-refractivity contribution >= 4 is 39.1 Å². The Morgan fingerprint density at radius 1 is 0.806 bits per heavy atom. The average molecular weight is 447 g/mol. The van der Waals surface area contributed by atoms with E-state index in [0.717, 1.165) is 0 Å². The summed E-state index contributed by atoms with van der Waals surface area (Å²) < 4.78 is 27.3. The third-order valence-electron chi connectivity index (χ3n) is 4.04. The molecule has 0 aromatic heterocycles. The zero-order valence-electron chi connectivity index (χ0n) is 17.7. The molecular formula is C21H26N4O5S. The number of nitrogens with one attached hydrogen (secondary N) is 4. The first-order valence-electron chi connectivity index (χ1n) is 9.59. The highest BCUT2D eigenvalue weighted by molar-refractivity contribution is 7.89. The molecule has 0 bridgehead atoms. The molecule has 0 saturated carbocycles. The normalized spacial score (nSPS) is 12.2. The molecule has 0 aliphatic carbocycles. The van der Waals surface area contributed by atoms with E-state index in [9.17, 15) is 22.8 Å². The quantitative estimate of drug-likeness (QED) is 0.493. The lowest BCUT2D eigenvalue weighted by Crippen LogP contribution is -2.41. The molecule has 3 amide bonds. The van der Waals surface area contributed by atoms with Gasteiger partial charge in [0.25, 0.3) is 5.91 Å². The van der Waals surface area contributed by atoms with Crippen molar-refractivity contribution in [1.29, 1.82) is 0 Å². The minimum atomic E-state index is -3.95. The topological polar surface area (TPSA) is 133 Å². The summed E-state index contributed by atoms with van der Waals surface area (Å²) in [5.41, 5.74) is 1.34. The summed E-state index contributed by atoms with van der Waals surface area (Å²) in [6.45, 7) is 6.47. The largest absolute Gasteiger partial charge is 0.350 e. The summed E-state index contributed by atoms with van der Waals surface area (Å²) in [7, 11) is -3.95. The second-order valence-corrected chi connectivity index (χ2v) is 8.96. The Kier molecular flexibility index (Phi) is 7.89. The van der Waals surface area contributed by atoms with Crippen molar-refractivity contribution in [2.24, 2.45) is 0 Å². The number of hydrogen-bond acceptors (Lipinski definition) is 5. The lowest BCUT2D eigenvalue weighted by atomic mass is 10.2. The molecule has 31 heavy (non-hydrogen) atoms. The van der Waals surface area contributed by atoms with E-state index in [1.54, 1.807) is 24.3 Å². The van der Waals surface area contributed by atoms with Gasteiger partial charge in [0.2, 0.25) is 21.8 Å². The third kappa shape index (κ3) is 7.19. The molecule has 0 fully saturated rings. The van der Waals surface area contributed by atoms with Crippen LogP contribution in [0.3, 0.4) is 0 Å². The van der Waals surface area contributed by atoms with Crippen LogP contribution in [0, 0.1) is 0 Å². The number of hydrogen-bond donors (Lipinski definition) is 4. The van der Waals surface area contributed by atoms with Crippen LogP contribution >= 0.6 is 0 Å². The van der Waals surface area contributed by atoms with Crippen molar-refractivity contribution in [3.63, 3.8) is 0 Å². The van der Waals surface area contributed by atoms with Crippen LogP contribution < -0.4 is 20.7 Å². The van der Waals surface area contributed by atoms with Crippen LogP contribution in [-0.2, 0) is 19.6 Å². The van der Waals surface area contributed by atoms with Crippen LogP contribution in [0.5, 0.6) is 0 Å². The monoisotopic (exact) mass is 446 g/mol. The van der Waals surface area contributed by atoms with Crippen molar-refractivity contribution in [3.05, 3.63) is 54.1 Å². The highest BCUT2D eigenvalue weighted by atomic mass is 32.2. The molecule has 0 aliphatic heterocycles. The Hall–Kier alpha value is -3.24. The molecule has 10 heteroatoms. The maximum Gasteiger partial charge on any atom is 0.251 e. The molecule has 0 radical (unpaired) electrons. The highest BCUT2D eigenvalue weighted by Crippen LogP contribution is 2.15. The van der Waals surface area contributed by atoms with Crippen molar-refractivity contribution in [1.82, 2.24) is 10.0 Å². The van der Waals surface area contributed by atoms with Crippen molar-refractivity contribution in [2.45, 2.75) is 44.7 Å². The van der Waals surface area contributed by atoms with E-state index in [2.05, 4.69) is 20.7 Å². The molecule has 2 aromatic rings. The Balaban J connectivity index is 1.99. The Morgan fingerprint density at radius 3 is 1.84 bits per heavy atom. The van der Waals surface area contributed by atoms with E-state index in [-0.39, 0.29) is 22.8 Å². The van der Waals surface area contributed by atoms with Gasteiger partial charge in [-0.15, -0.1) is 0 Å². The Labute approximate surface area is 181 Å². The highest BCUT2D eigenvalue weighted by Gasteiger charge is 2.22. The van der Waals surface area contributed by atoms with Crippen LogP contribution in [-0.4, -0.2) is 38.2 Å². The fourth-order valence-electron chi connectivity index (χ4n) is 2.58. The molecular weight excluding hydrogens is 420 g/mol. The van der Waals surface area contributed by atoms with E-state index in [0.29, 0.717) is 16.9 Å². The number of carbonyl (C=O) groups is 3. The van der Waals surface area contributed by atoms with Gasteiger partial charge in [0.1, 0.15) is 0 Å². The Bertz CT molecular complexity index is 1050. The van der Waals surface area contributed by atoms with Gasteiger partial charge in [0, 0.05) is 29.9 Å². The fraction of sp³-hybridized carbons (Fsp3) is 0.286. The maximum atomic E-state index is 12.5. The van der Waals surface area contributed by atoms with Gasteiger partial charge in [-0.1, -0.05) is 0 Å². The minimum Gasteiger partial charge on any atom is -0.350 e. The number of amides is 3. The minimum absolute atomic E-state index is 0.00218. The lowest BCUT2D eigenvalue weighted by Gasteiger charge is -2.15. The van der Waals surface area contributed by atoms with E-state index >= 15 is 0 Å². The van der Waals surface area contributed by atoms with Gasteiger partial charge in [-0.2, -0.15) is 4.72 Å². The van der Waals surface area contributed by atoms with Gasteiger partial charge in [0.05, 0.1) is 10.9 Å². The summed E-state index contributed by atoms with van der Waals surface area (Å²) >= 11 is 0. The van der Waals surface area contributed by atoms with Gasteiger partial charge in [-0.05, 0) is 69.3 Å². The van der Waals surface area contributed by atoms with Gasteiger partial charge < -0.3 is 16.0 Å². The molecule has 4 N–H and O–H groups in total. The SMILES string of the molecule is CC(=O)Nc1ccc(S(=O)(=O)N[C@@H](C)C(=O)Nc2ccc(C(=O)NC(C)C)cc2)cc1. The first kappa shape index (κ1) is 24.0. The molecule has 1 atom stereocenters. The lowest BCUT2D eigenvalue weighted by molar-refractivity contribution is -0.117. The molecule has 0 unspecified atom stereocenters. The summed E-state index contributed by atoms with van der Waals surface area (Å²) in [5.74, 6) is -1.05. The van der Waals surface area contributed by atoms with Gasteiger partial charge >= 0.3 is 0 Å². The van der Waals surface area contributed by atoms with Crippen molar-refractivity contribution in [3.8, 4) is 0 Å². The number of rotatable bonds is 8. The van der Waals surface area contributed by atoms with Crippen LogP contribution in [0.1, 0.15) is 38.1 Å². The molecule has 0 spiro atoms. The number of benzene rings is 2. The third-order valence-corrected chi connectivity index (χ3v) is 5.60. The molecule has 2 rings (SSSR count). The van der Waals surface area contributed by atoms with E-state index in [1.807, 2.05) is 13.8 Å². The summed E-state index contributed by atoms with van der Waals surface area (Å²) in [5, 5.41) is 7.92. The van der Waals surface area contributed by atoms with Crippen molar-refractivity contribution < 1.29 is 22.8 Å². The second kappa shape index (κ2) is 10.2. The summed E-state index contributed by atoms with van der Waals surface area (Å²) in [6, 6.07) is 10.8.